The Morgan fingerprint density at radius 3 is 2.41 bits per heavy atom. The lowest BCUT2D eigenvalue weighted by molar-refractivity contribution is -0.384. The van der Waals surface area contributed by atoms with Crippen molar-refractivity contribution >= 4 is 23.4 Å². The number of fused-ring (bicyclic) bond motifs is 3. The highest BCUT2D eigenvalue weighted by Crippen LogP contribution is 2.56. The number of nitro groups is 1. The lowest BCUT2D eigenvalue weighted by Crippen LogP contribution is -2.72. The molecule has 1 saturated heterocycles. The van der Waals surface area contributed by atoms with E-state index in [0.717, 1.165) is 29.1 Å². The third kappa shape index (κ3) is 3.31. The van der Waals surface area contributed by atoms with Crippen LogP contribution in [0.25, 0.3) is 5.69 Å². The number of aromatic nitrogens is 1. The Morgan fingerprint density at radius 2 is 1.79 bits per heavy atom. The zero-order chi connectivity index (χ0) is 24.3. The Bertz CT molecular complexity index is 1270. The van der Waals surface area contributed by atoms with Crippen molar-refractivity contribution in [3.8, 4) is 11.4 Å². The summed E-state index contributed by atoms with van der Waals surface area (Å²) in [6.45, 7) is 7.01. The fourth-order valence-electron chi connectivity index (χ4n) is 5.32. The van der Waals surface area contributed by atoms with Gasteiger partial charge in [0.15, 0.2) is 4.87 Å². The Kier molecular flexibility index (Phi) is 5.24. The standard InChI is InChI=1S/C26H27N3O4S/c1-17-14-21-22(28(17)18-10-12-19(13-11-18)29(31)32)15-25(2,3)16-27-24(30)23(26(21,27)34-4)33-20-8-6-5-7-9-20/h5-14,23H,15-16H2,1-4H3/t23-,26-/m1/s1. The third-order valence-electron chi connectivity index (χ3n) is 6.78. The van der Waals surface area contributed by atoms with Crippen LogP contribution in [0.2, 0.25) is 0 Å². The Labute approximate surface area is 202 Å². The number of benzene rings is 2. The molecule has 0 spiro atoms. The van der Waals surface area contributed by atoms with Crippen molar-refractivity contribution in [2.45, 2.75) is 38.2 Å². The zero-order valence-electron chi connectivity index (χ0n) is 19.6. The van der Waals surface area contributed by atoms with Crippen molar-refractivity contribution in [2.24, 2.45) is 5.41 Å². The van der Waals surface area contributed by atoms with Crippen LogP contribution in [-0.4, -0.2) is 39.2 Å². The number of hydrogen-bond acceptors (Lipinski definition) is 5. The maximum Gasteiger partial charge on any atom is 0.269 e. The fourth-order valence-corrected chi connectivity index (χ4v) is 6.45. The first-order valence-corrected chi connectivity index (χ1v) is 12.5. The minimum atomic E-state index is -0.646. The summed E-state index contributed by atoms with van der Waals surface area (Å²) in [7, 11) is 0. The monoisotopic (exact) mass is 477 g/mol. The second kappa shape index (κ2) is 7.91. The molecular formula is C26H27N3O4S. The second-order valence-electron chi connectivity index (χ2n) is 9.73. The predicted molar refractivity (Wildman–Crippen MR) is 132 cm³/mol. The summed E-state index contributed by atoms with van der Waals surface area (Å²) in [6, 6.07) is 18.3. The van der Waals surface area contributed by atoms with Crippen LogP contribution >= 0.6 is 11.8 Å². The SMILES string of the molecule is CS[C@@]12c3cc(C)n(-c4ccc([N+](=O)[O-])cc4)c3CC(C)(C)CN1C(=O)[C@H]2Oc1ccccc1. The van der Waals surface area contributed by atoms with E-state index < -0.39 is 11.0 Å². The minimum absolute atomic E-state index is 0.000123. The quantitative estimate of drug-likeness (QED) is 0.291. The lowest BCUT2D eigenvalue weighted by atomic mass is 9.87. The molecule has 5 rings (SSSR count). The van der Waals surface area contributed by atoms with Crippen LogP contribution in [0.5, 0.6) is 5.75 Å². The molecule has 0 N–H and O–H groups in total. The maximum absolute atomic E-state index is 13.4. The average Bonchev–Trinajstić information content (AvgIpc) is 3.09. The molecule has 1 fully saturated rings. The van der Waals surface area contributed by atoms with Crippen LogP contribution in [-0.2, 0) is 16.1 Å². The number of amides is 1. The van der Waals surface area contributed by atoms with E-state index in [1.165, 1.54) is 12.1 Å². The number of rotatable bonds is 5. The summed E-state index contributed by atoms with van der Waals surface area (Å²) in [5.74, 6) is 0.672. The zero-order valence-corrected chi connectivity index (χ0v) is 20.5. The van der Waals surface area contributed by atoms with Gasteiger partial charge < -0.3 is 14.2 Å². The fraction of sp³-hybridized carbons (Fsp3) is 0.346. The topological polar surface area (TPSA) is 77.6 Å². The average molecular weight is 478 g/mol. The number of carbonyl (C=O) groups is 1. The number of ether oxygens (including phenoxy) is 1. The summed E-state index contributed by atoms with van der Waals surface area (Å²) in [5.41, 5.74) is 3.97. The molecule has 34 heavy (non-hydrogen) atoms. The molecule has 0 unspecified atom stereocenters. The van der Waals surface area contributed by atoms with E-state index in [-0.39, 0.29) is 21.9 Å². The number of para-hydroxylation sites is 1. The van der Waals surface area contributed by atoms with Crippen molar-refractivity contribution in [3.63, 3.8) is 0 Å². The summed E-state index contributed by atoms with van der Waals surface area (Å²) >= 11 is 1.63. The summed E-state index contributed by atoms with van der Waals surface area (Å²) in [6.07, 6.45) is 2.16. The number of nitro benzene ring substituents is 1. The Hall–Kier alpha value is -3.26. The Morgan fingerprint density at radius 1 is 1.12 bits per heavy atom. The molecular weight excluding hydrogens is 450 g/mol. The van der Waals surface area contributed by atoms with Gasteiger partial charge in [0.2, 0.25) is 6.10 Å². The number of β-lactam (4-membered cyclic amide) rings is 1. The number of carbonyl (C=O) groups excluding carboxylic acids is 1. The van der Waals surface area contributed by atoms with Gasteiger partial charge in [-0.3, -0.25) is 14.9 Å². The summed E-state index contributed by atoms with van der Waals surface area (Å²) in [5, 5.41) is 11.2. The normalized spacial score (nSPS) is 22.9. The Balaban J connectivity index is 1.67. The van der Waals surface area contributed by atoms with Gasteiger partial charge >= 0.3 is 0 Å². The van der Waals surface area contributed by atoms with Crippen LogP contribution in [0.15, 0.2) is 60.7 Å². The molecule has 0 saturated carbocycles. The highest BCUT2D eigenvalue weighted by molar-refractivity contribution is 7.99. The molecule has 8 heteroatoms. The van der Waals surface area contributed by atoms with Crippen molar-refractivity contribution in [1.29, 1.82) is 0 Å². The van der Waals surface area contributed by atoms with E-state index in [0.29, 0.717) is 12.3 Å². The van der Waals surface area contributed by atoms with Gasteiger partial charge in [-0.15, -0.1) is 11.8 Å². The molecule has 176 valence electrons. The molecule has 1 amide bonds. The number of nitrogens with zero attached hydrogens (tertiary/aromatic N) is 3. The maximum atomic E-state index is 13.4. The molecule has 7 nitrogen and oxygen atoms in total. The predicted octanol–water partition coefficient (Wildman–Crippen LogP) is 5.08. The molecule has 3 aromatic rings. The van der Waals surface area contributed by atoms with E-state index in [4.69, 9.17) is 4.74 Å². The van der Waals surface area contributed by atoms with Crippen molar-refractivity contribution in [1.82, 2.24) is 9.47 Å². The van der Waals surface area contributed by atoms with Gasteiger partial charge in [0.1, 0.15) is 5.75 Å². The van der Waals surface area contributed by atoms with Crippen LogP contribution < -0.4 is 4.74 Å². The van der Waals surface area contributed by atoms with Crippen LogP contribution in [0.1, 0.15) is 30.8 Å². The van der Waals surface area contributed by atoms with Crippen LogP contribution in [0.3, 0.4) is 0 Å². The largest absolute Gasteiger partial charge is 0.477 e. The first-order chi connectivity index (χ1) is 16.2. The first kappa shape index (κ1) is 22.5. The van der Waals surface area contributed by atoms with Gasteiger partial charge in [0, 0.05) is 41.3 Å². The lowest BCUT2D eigenvalue weighted by Gasteiger charge is -2.56. The highest BCUT2D eigenvalue weighted by Gasteiger charge is 2.66. The molecule has 0 aliphatic carbocycles. The molecule has 0 bridgehead atoms. The summed E-state index contributed by atoms with van der Waals surface area (Å²) < 4.78 is 8.48. The van der Waals surface area contributed by atoms with Crippen LogP contribution in [0, 0.1) is 22.5 Å². The second-order valence-corrected chi connectivity index (χ2v) is 10.8. The van der Waals surface area contributed by atoms with E-state index >= 15 is 0 Å². The van der Waals surface area contributed by atoms with Gasteiger partial charge in [-0.05, 0) is 55.3 Å². The minimum Gasteiger partial charge on any atom is -0.477 e. The molecule has 2 aliphatic heterocycles. The number of hydrogen-bond donors (Lipinski definition) is 0. The van der Waals surface area contributed by atoms with Gasteiger partial charge in [0.05, 0.1) is 4.92 Å². The number of non-ortho nitro benzene ring substituents is 1. The van der Waals surface area contributed by atoms with E-state index in [2.05, 4.69) is 24.5 Å². The van der Waals surface area contributed by atoms with Crippen molar-refractivity contribution < 1.29 is 14.5 Å². The molecule has 1 aromatic heterocycles. The van der Waals surface area contributed by atoms with E-state index in [1.54, 1.807) is 23.9 Å². The van der Waals surface area contributed by atoms with Crippen molar-refractivity contribution in [2.75, 3.05) is 12.8 Å². The molecule has 3 heterocycles. The molecule has 0 radical (unpaired) electrons. The number of thioether (sulfide) groups is 1. The molecule has 2 aliphatic rings. The van der Waals surface area contributed by atoms with Gasteiger partial charge in [-0.25, -0.2) is 0 Å². The van der Waals surface area contributed by atoms with E-state index in [9.17, 15) is 14.9 Å². The molecule has 2 aromatic carbocycles. The third-order valence-corrected chi connectivity index (χ3v) is 8.06. The van der Waals surface area contributed by atoms with E-state index in [1.807, 2.05) is 48.4 Å². The van der Waals surface area contributed by atoms with Gasteiger partial charge in [0.25, 0.3) is 11.6 Å². The van der Waals surface area contributed by atoms with Gasteiger partial charge in [-0.1, -0.05) is 32.0 Å². The van der Waals surface area contributed by atoms with Crippen LogP contribution in [0.4, 0.5) is 5.69 Å². The highest BCUT2D eigenvalue weighted by atomic mass is 32.2. The smallest absolute Gasteiger partial charge is 0.269 e. The molecule has 2 atom stereocenters. The summed E-state index contributed by atoms with van der Waals surface area (Å²) in [4.78, 5) is 25.5. The first-order valence-electron chi connectivity index (χ1n) is 11.2. The van der Waals surface area contributed by atoms with Crippen molar-refractivity contribution in [3.05, 3.63) is 87.7 Å². The number of aryl methyl sites for hydroxylation is 1. The van der Waals surface area contributed by atoms with Gasteiger partial charge in [-0.2, -0.15) is 0 Å².